The van der Waals surface area contributed by atoms with E-state index in [1.54, 1.807) is 39.0 Å². The van der Waals surface area contributed by atoms with Crippen LogP contribution in [0, 0.1) is 28.1 Å². The van der Waals surface area contributed by atoms with Crippen LogP contribution in [0.5, 0.6) is 11.5 Å². The molecule has 0 spiro atoms. The number of halogens is 2. The first-order valence-corrected chi connectivity index (χ1v) is 19.9. The van der Waals surface area contributed by atoms with Crippen LogP contribution in [0.25, 0.3) is 0 Å². The Kier molecular flexibility index (Phi) is 14.0. The number of benzene rings is 1. The number of sulfonamides is 1. The third-order valence-electron chi connectivity index (χ3n) is 10.7. The Morgan fingerprint density at radius 3 is 2.11 bits per heavy atom. The van der Waals surface area contributed by atoms with Gasteiger partial charge in [0.1, 0.15) is 18.1 Å². The summed E-state index contributed by atoms with van der Waals surface area (Å²) < 4.78 is 63.5. The number of methoxy groups -OCH3 is 2. The molecule has 306 valence electrons. The number of nitrogens with zero attached hydrogens (tertiary/aromatic N) is 2. The second-order valence-corrected chi connectivity index (χ2v) is 19.3. The molecule has 0 unspecified atom stereocenters. The lowest BCUT2D eigenvalue weighted by molar-refractivity contribution is -0.144. The normalized spacial score (nSPS) is 21.1. The predicted octanol–water partition coefficient (Wildman–Crippen LogP) is 3.01. The van der Waals surface area contributed by atoms with Crippen molar-refractivity contribution in [3.63, 3.8) is 0 Å². The number of amides is 5. The fraction of sp³-hybridized carbons (Fsp3) is 0.730. The zero-order valence-corrected chi connectivity index (χ0v) is 34.5. The molecule has 3 rings (SSSR count). The molecule has 0 aromatic heterocycles. The summed E-state index contributed by atoms with van der Waals surface area (Å²) in [5, 5.41) is 10.8. The number of nitrogens with one attached hydrogen (secondary N) is 4. The number of hydrogen-bond acceptors (Lipinski definition) is 8. The minimum absolute atomic E-state index is 0.0136. The highest BCUT2D eigenvalue weighted by Crippen LogP contribution is 2.65. The van der Waals surface area contributed by atoms with Crippen molar-refractivity contribution >= 4 is 33.8 Å². The summed E-state index contributed by atoms with van der Waals surface area (Å²) in [5.74, 6) is -1.38. The second-order valence-electron chi connectivity index (χ2n) is 17.2. The minimum Gasteiger partial charge on any atom is -0.493 e. The van der Waals surface area contributed by atoms with Crippen molar-refractivity contribution in [2.45, 2.75) is 98.8 Å². The summed E-state index contributed by atoms with van der Waals surface area (Å²) in [6.07, 6.45) is -2.41. The van der Waals surface area contributed by atoms with E-state index in [2.05, 4.69) is 21.3 Å². The molecule has 1 heterocycles. The molecule has 2 aliphatic rings. The molecular weight excluding hydrogens is 727 g/mol. The number of carbonyl (C=O) groups is 4. The molecule has 17 heteroatoms. The Bertz CT molecular complexity index is 1650. The van der Waals surface area contributed by atoms with Crippen LogP contribution < -0.4 is 30.7 Å². The molecule has 14 nitrogen and oxygen atoms in total. The van der Waals surface area contributed by atoms with Crippen molar-refractivity contribution < 1.29 is 45.9 Å². The monoisotopic (exact) mass is 786 g/mol. The molecule has 0 bridgehead atoms. The van der Waals surface area contributed by atoms with Gasteiger partial charge in [0.25, 0.3) is 0 Å². The summed E-state index contributed by atoms with van der Waals surface area (Å²) >= 11 is 0. The van der Waals surface area contributed by atoms with Crippen molar-refractivity contribution in [2.24, 2.45) is 28.1 Å². The molecule has 1 saturated heterocycles. The summed E-state index contributed by atoms with van der Waals surface area (Å²) in [6.45, 7) is 15.0. The lowest BCUT2D eigenvalue weighted by Gasteiger charge is -2.39. The molecule has 5 amide bonds. The van der Waals surface area contributed by atoms with Gasteiger partial charge in [-0.15, -0.1) is 0 Å². The molecule has 54 heavy (non-hydrogen) atoms. The van der Waals surface area contributed by atoms with Gasteiger partial charge in [0, 0.05) is 39.1 Å². The second kappa shape index (κ2) is 17.0. The van der Waals surface area contributed by atoms with Gasteiger partial charge >= 0.3 is 6.03 Å². The molecular formula is C37H60F2N6O8S. The van der Waals surface area contributed by atoms with Gasteiger partial charge in [0.2, 0.25) is 34.2 Å². The Morgan fingerprint density at radius 1 is 0.981 bits per heavy atom. The first kappa shape index (κ1) is 44.7. The summed E-state index contributed by atoms with van der Waals surface area (Å²) in [7, 11) is 0.874. The SMILES string of the molecule is COc1ccc(CCNC(=O)[C@H](CC(F)F)NC(=O)[C@@H]2[C@@H]3[C@H](CN2C(=O)[C@@H](NC(=O)N[C@H](CN(C)S(C)(=O)=O)C(C)(C)C)C(C)(C)C)C3(C)C)cc1OC. The standard InChI is InChI=1S/C37H60F2N6O8S/c1-35(2,3)26(20-44(9)54(12,50)51)42-34(49)43-30(36(4,5)6)33(48)45-19-22-28(37(22,7)8)29(45)32(47)41-23(18-27(38)39)31(46)40-16-15-21-13-14-24(52-10)25(17-21)53-11/h13-14,17,22-23,26-30H,15-16,18-20H2,1-12H3,(H,40,46)(H,41,47)(H2,42,43,49)/t22-,23-,26+,28-,29-,30+/m0/s1. The van der Waals surface area contributed by atoms with Crippen molar-refractivity contribution in [2.75, 3.05) is 47.2 Å². The number of piperidine rings is 1. The van der Waals surface area contributed by atoms with E-state index in [1.165, 1.54) is 26.2 Å². The number of hydrogen-bond donors (Lipinski definition) is 4. The predicted molar refractivity (Wildman–Crippen MR) is 201 cm³/mol. The maximum atomic E-state index is 14.4. The average Bonchev–Trinajstić information content (AvgIpc) is 3.35. The van der Waals surface area contributed by atoms with Gasteiger partial charge < -0.3 is 35.6 Å². The smallest absolute Gasteiger partial charge is 0.315 e. The van der Waals surface area contributed by atoms with Crippen molar-refractivity contribution in [3.05, 3.63) is 23.8 Å². The fourth-order valence-corrected chi connectivity index (χ4v) is 7.46. The summed E-state index contributed by atoms with van der Waals surface area (Å²) in [5.41, 5.74) is -0.931. The van der Waals surface area contributed by atoms with E-state index in [4.69, 9.17) is 9.47 Å². The number of fused-ring (bicyclic) bond motifs is 1. The first-order chi connectivity index (χ1) is 24.7. The number of carbonyl (C=O) groups excluding carboxylic acids is 4. The number of likely N-dealkylation sites (N-methyl/N-ethyl adjacent to an activating group) is 1. The quantitative estimate of drug-likeness (QED) is 0.198. The largest absolute Gasteiger partial charge is 0.493 e. The van der Waals surface area contributed by atoms with E-state index < -0.39 is 81.6 Å². The van der Waals surface area contributed by atoms with Crippen LogP contribution in [0.2, 0.25) is 0 Å². The number of rotatable bonds is 16. The van der Waals surface area contributed by atoms with Crippen molar-refractivity contribution in [1.82, 2.24) is 30.5 Å². The van der Waals surface area contributed by atoms with Gasteiger partial charge in [-0.25, -0.2) is 26.3 Å². The Morgan fingerprint density at radius 2 is 1.59 bits per heavy atom. The minimum atomic E-state index is -3.54. The van der Waals surface area contributed by atoms with Gasteiger partial charge in [0.15, 0.2) is 11.5 Å². The molecule has 1 aliphatic carbocycles. The molecule has 1 saturated carbocycles. The van der Waals surface area contributed by atoms with Gasteiger partial charge in [-0.2, -0.15) is 0 Å². The van der Waals surface area contributed by atoms with Crippen molar-refractivity contribution in [1.29, 1.82) is 0 Å². The zero-order chi connectivity index (χ0) is 41.1. The third kappa shape index (κ3) is 10.9. The molecule has 1 aliphatic heterocycles. The zero-order valence-electron chi connectivity index (χ0n) is 33.6. The number of ether oxygens (including phenoxy) is 2. The van der Waals surface area contributed by atoms with Gasteiger partial charge in [-0.1, -0.05) is 61.5 Å². The Labute approximate surface area is 318 Å². The van der Waals surface area contributed by atoms with E-state index in [0.717, 1.165) is 16.1 Å². The van der Waals surface area contributed by atoms with Crippen LogP contribution >= 0.6 is 0 Å². The number of likely N-dealkylation sites (tertiary alicyclic amines) is 1. The average molecular weight is 787 g/mol. The van der Waals surface area contributed by atoms with Crippen molar-refractivity contribution in [3.8, 4) is 11.5 Å². The van der Waals surface area contributed by atoms with Crippen LogP contribution in [-0.4, -0.2) is 119 Å². The highest BCUT2D eigenvalue weighted by atomic mass is 32.2. The molecule has 2 fully saturated rings. The first-order valence-electron chi connectivity index (χ1n) is 18.1. The number of urea groups is 1. The van der Waals surface area contributed by atoms with Gasteiger partial charge in [-0.05, 0) is 52.2 Å². The van der Waals surface area contributed by atoms with Crippen LogP contribution in [-0.2, 0) is 30.8 Å². The maximum absolute atomic E-state index is 14.4. The van der Waals surface area contributed by atoms with Crippen LogP contribution in [0.3, 0.4) is 0 Å². The highest BCUT2D eigenvalue weighted by Gasteiger charge is 2.70. The summed E-state index contributed by atoms with van der Waals surface area (Å²) in [4.78, 5) is 56.5. The maximum Gasteiger partial charge on any atom is 0.315 e. The van der Waals surface area contributed by atoms with Crippen LogP contribution in [0.4, 0.5) is 13.6 Å². The topological polar surface area (TPSA) is 175 Å². The Hall–Kier alpha value is -3.73. The molecule has 4 N–H and O–H groups in total. The van der Waals surface area contributed by atoms with E-state index in [0.29, 0.717) is 17.9 Å². The third-order valence-corrected chi connectivity index (χ3v) is 12.0. The fourth-order valence-electron chi connectivity index (χ4n) is 7.04. The molecule has 6 atom stereocenters. The molecule has 1 aromatic carbocycles. The van der Waals surface area contributed by atoms with Gasteiger partial charge in [-0.3, -0.25) is 14.4 Å². The highest BCUT2D eigenvalue weighted by molar-refractivity contribution is 7.88. The summed E-state index contributed by atoms with van der Waals surface area (Å²) in [6, 6.07) is 0.148. The lowest BCUT2D eigenvalue weighted by atomic mass is 9.85. The van der Waals surface area contributed by atoms with Gasteiger partial charge in [0.05, 0.1) is 20.5 Å². The van der Waals surface area contributed by atoms with Crippen LogP contribution in [0.1, 0.15) is 67.4 Å². The Balaban J connectivity index is 1.79. The van der Waals surface area contributed by atoms with E-state index in [-0.39, 0.29) is 36.9 Å². The van der Waals surface area contributed by atoms with E-state index >= 15 is 0 Å². The van der Waals surface area contributed by atoms with E-state index in [9.17, 15) is 36.4 Å². The van der Waals surface area contributed by atoms with Crippen LogP contribution in [0.15, 0.2) is 18.2 Å². The molecule has 1 aromatic rings. The molecule has 0 radical (unpaired) electrons. The lowest BCUT2D eigenvalue weighted by Crippen LogP contribution is -2.62. The number of alkyl halides is 2. The van der Waals surface area contributed by atoms with E-state index in [1.807, 2.05) is 34.6 Å².